The largest absolute Gasteiger partial charge is 0.499 e. The third-order valence-electron chi connectivity index (χ3n) is 8.09. The molecule has 0 bridgehead atoms. The van der Waals surface area contributed by atoms with Crippen LogP contribution in [0.5, 0.6) is 0 Å². The molecule has 2 amide bonds. The Labute approximate surface area is 284 Å². The van der Waals surface area contributed by atoms with Crippen LogP contribution in [0.15, 0.2) is 103 Å². The van der Waals surface area contributed by atoms with Gasteiger partial charge in [-0.15, -0.1) is 0 Å². The molecular weight excluding hydrogens is 632 g/mol. The first-order valence-corrected chi connectivity index (χ1v) is 16.0. The van der Waals surface area contributed by atoms with Gasteiger partial charge >= 0.3 is 5.97 Å². The minimum absolute atomic E-state index is 0.0543. The van der Waals surface area contributed by atoms with Crippen molar-refractivity contribution in [1.29, 1.82) is 0 Å². The Morgan fingerprint density at radius 1 is 0.959 bits per heavy atom. The van der Waals surface area contributed by atoms with E-state index in [1.165, 1.54) is 13.2 Å². The van der Waals surface area contributed by atoms with Crippen LogP contribution < -0.4 is 10.6 Å². The van der Waals surface area contributed by atoms with Gasteiger partial charge in [-0.25, -0.2) is 4.79 Å². The molecule has 12 nitrogen and oxygen atoms in total. The van der Waals surface area contributed by atoms with Crippen LogP contribution in [0.2, 0.25) is 0 Å². The summed E-state index contributed by atoms with van der Waals surface area (Å²) in [5.74, 6) is -3.41. The zero-order valence-electron chi connectivity index (χ0n) is 26.9. The summed E-state index contributed by atoms with van der Waals surface area (Å²) >= 11 is 0. The molecule has 1 saturated heterocycles. The highest BCUT2D eigenvalue weighted by molar-refractivity contribution is 5.97. The molecule has 0 radical (unpaired) electrons. The molecule has 0 saturated carbocycles. The zero-order chi connectivity index (χ0) is 34.8. The lowest BCUT2D eigenvalue weighted by Gasteiger charge is -2.31. The molecule has 0 aromatic heterocycles. The molecule has 5 atom stereocenters. The second kappa shape index (κ2) is 16.5. The quantitative estimate of drug-likeness (QED) is 0.0971. The van der Waals surface area contributed by atoms with Gasteiger partial charge in [-0.3, -0.25) is 9.59 Å². The first-order chi connectivity index (χ1) is 23.8. The molecule has 5 rings (SSSR count). The Kier molecular flexibility index (Phi) is 11.9. The minimum Gasteiger partial charge on any atom is -0.499 e. The maximum Gasteiger partial charge on any atom is 0.338 e. The molecule has 3 aromatic carbocycles. The standard InChI is InChI=1S/C37H40N2O10/c1-24(42)32(35(44)38-16-17-40)39-34(43)27-22-30(47-36(45)26-10-8-9-25(21-26)15-19-46-20-18-41)33-31(23-27)48-37(49-33,28-11-4-2-5-12-28)29-13-6-3-7-14-29/h2-15,19,21,23-24,30-33,40-42H,16-18,20,22H2,1H3,(H,38,44)(H,39,43)/t24-,30+,31+,32+,33-/m0/s1. The van der Waals surface area contributed by atoms with Gasteiger partial charge in [-0.1, -0.05) is 72.8 Å². The number of carbonyl (C=O) groups is 3. The van der Waals surface area contributed by atoms with Crippen LogP contribution in [0.4, 0.5) is 0 Å². The maximum absolute atomic E-state index is 13.7. The van der Waals surface area contributed by atoms with E-state index in [1.54, 1.807) is 36.4 Å². The number of benzene rings is 3. The summed E-state index contributed by atoms with van der Waals surface area (Å²) < 4.78 is 24.7. The van der Waals surface area contributed by atoms with Crippen molar-refractivity contribution in [2.24, 2.45) is 0 Å². The van der Waals surface area contributed by atoms with Crippen LogP contribution in [-0.4, -0.2) is 89.9 Å². The first-order valence-electron chi connectivity index (χ1n) is 16.0. The van der Waals surface area contributed by atoms with Gasteiger partial charge in [0.25, 0.3) is 0 Å². The number of esters is 1. The van der Waals surface area contributed by atoms with Gasteiger partial charge in [0, 0.05) is 29.7 Å². The van der Waals surface area contributed by atoms with E-state index in [2.05, 4.69) is 10.6 Å². The summed E-state index contributed by atoms with van der Waals surface area (Å²) in [6.07, 6.45) is 0.627. The van der Waals surface area contributed by atoms with Crippen LogP contribution >= 0.6 is 0 Å². The van der Waals surface area contributed by atoms with E-state index in [0.29, 0.717) is 16.7 Å². The van der Waals surface area contributed by atoms with Crippen molar-refractivity contribution in [2.45, 2.75) is 49.6 Å². The zero-order valence-corrected chi connectivity index (χ0v) is 26.9. The van der Waals surface area contributed by atoms with E-state index >= 15 is 0 Å². The number of aliphatic hydroxyl groups is 3. The average Bonchev–Trinajstić information content (AvgIpc) is 3.53. The lowest BCUT2D eigenvalue weighted by molar-refractivity contribution is -0.157. The van der Waals surface area contributed by atoms with E-state index in [4.69, 9.17) is 29.2 Å². The highest BCUT2D eigenvalue weighted by Gasteiger charge is 2.55. The van der Waals surface area contributed by atoms with E-state index in [9.17, 15) is 19.5 Å². The third-order valence-corrected chi connectivity index (χ3v) is 8.09. The third kappa shape index (κ3) is 8.42. The van der Waals surface area contributed by atoms with Crippen molar-refractivity contribution in [3.05, 3.63) is 125 Å². The van der Waals surface area contributed by atoms with E-state index in [-0.39, 0.29) is 43.9 Å². The summed E-state index contributed by atoms with van der Waals surface area (Å²) in [5.41, 5.74) is 2.45. The molecule has 49 heavy (non-hydrogen) atoms. The summed E-state index contributed by atoms with van der Waals surface area (Å²) in [5, 5.41) is 33.4. The number of nitrogens with one attached hydrogen (secondary N) is 2. The van der Waals surface area contributed by atoms with Gasteiger partial charge in [0.15, 0.2) is 0 Å². The SMILES string of the molecule is C[C@H](O)[C@@H](NC(=O)C1=C[C@H]2OC(c3ccccc3)(c3ccccc3)O[C@H]2[C@H](OC(=O)c2cccc(C=COCCO)c2)C1)C(=O)NCCO. The fraction of sp³-hybridized carbons (Fsp3) is 0.324. The number of amides is 2. The average molecular weight is 673 g/mol. The van der Waals surface area contributed by atoms with Crippen molar-refractivity contribution >= 4 is 23.9 Å². The van der Waals surface area contributed by atoms with Crippen molar-refractivity contribution < 1.29 is 48.7 Å². The molecule has 2 aliphatic rings. The van der Waals surface area contributed by atoms with Gasteiger partial charge in [0.05, 0.1) is 31.1 Å². The summed E-state index contributed by atoms with van der Waals surface area (Å²) in [4.78, 5) is 40.0. The first kappa shape index (κ1) is 35.5. The maximum atomic E-state index is 13.7. The van der Waals surface area contributed by atoms with Crippen LogP contribution in [0.1, 0.15) is 40.4 Å². The Hall–Kier alpha value is -4.85. The molecule has 258 valence electrons. The van der Waals surface area contributed by atoms with Crippen molar-refractivity contribution in [3.8, 4) is 0 Å². The lowest BCUT2D eigenvalue weighted by atomic mass is 9.91. The highest BCUT2D eigenvalue weighted by atomic mass is 16.8. The molecule has 1 aliphatic heterocycles. The number of ether oxygens (including phenoxy) is 4. The topological polar surface area (TPSA) is 173 Å². The molecule has 1 fully saturated rings. The van der Waals surface area contributed by atoms with Crippen LogP contribution in [0, 0.1) is 0 Å². The molecule has 1 heterocycles. The van der Waals surface area contributed by atoms with E-state index < -0.39 is 54.0 Å². The lowest BCUT2D eigenvalue weighted by Crippen LogP contribution is -2.54. The van der Waals surface area contributed by atoms with Gasteiger partial charge in [0.1, 0.15) is 31.0 Å². The van der Waals surface area contributed by atoms with Crippen molar-refractivity contribution in [3.63, 3.8) is 0 Å². The van der Waals surface area contributed by atoms with Crippen LogP contribution in [0.25, 0.3) is 6.08 Å². The number of hydrogen-bond donors (Lipinski definition) is 5. The second-order valence-electron chi connectivity index (χ2n) is 11.6. The number of hydrogen-bond acceptors (Lipinski definition) is 10. The smallest absolute Gasteiger partial charge is 0.338 e. The van der Waals surface area contributed by atoms with Crippen molar-refractivity contribution in [2.75, 3.05) is 26.4 Å². The predicted molar refractivity (Wildman–Crippen MR) is 178 cm³/mol. The van der Waals surface area contributed by atoms with E-state index in [1.807, 2.05) is 60.7 Å². The highest BCUT2D eigenvalue weighted by Crippen LogP contribution is 2.47. The Balaban J connectivity index is 1.47. The minimum atomic E-state index is -1.41. The second-order valence-corrected chi connectivity index (χ2v) is 11.6. The number of aliphatic hydroxyl groups excluding tert-OH is 3. The molecule has 5 N–H and O–H groups in total. The van der Waals surface area contributed by atoms with Gasteiger partial charge in [-0.05, 0) is 36.8 Å². The molecule has 0 unspecified atom stereocenters. The Morgan fingerprint density at radius 3 is 2.29 bits per heavy atom. The monoisotopic (exact) mass is 672 g/mol. The van der Waals surface area contributed by atoms with Gasteiger partial charge in [-0.2, -0.15) is 0 Å². The van der Waals surface area contributed by atoms with Crippen LogP contribution in [0.3, 0.4) is 0 Å². The molecular formula is C37H40N2O10. The van der Waals surface area contributed by atoms with E-state index in [0.717, 1.165) is 0 Å². The fourth-order valence-corrected chi connectivity index (χ4v) is 5.74. The van der Waals surface area contributed by atoms with Crippen LogP contribution in [-0.2, 0) is 34.3 Å². The number of fused-ring (bicyclic) bond motifs is 1. The summed E-state index contributed by atoms with van der Waals surface area (Å²) in [7, 11) is 0. The molecule has 3 aromatic rings. The number of carbonyl (C=O) groups excluding carboxylic acids is 3. The van der Waals surface area contributed by atoms with Crippen molar-refractivity contribution in [1.82, 2.24) is 10.6 Å². The summed E-state index contributed by atoms with van der Waals surface area (Å²) in [6.45, 7) is 0.996. The Bertz CT molecular complexity index is 1600. The number of rotatable bonds is 14. The molecule has 1 aliphatic carbocycles. The summed E-state index contributed by atoms with van der Waals surface area (Å²) in [6, 6.07) is 24.0. The predicted octanol–water partition coefficient (Wildman–Crippen LogP) is 2.18. The van der Waals surface area contributed by atoms with Gasteiger partial charge < -0.3 is 44.9 Å². The Morgan fingerprint density at radius 2 is 1.65 bits per heavy atom. The molecule has 0 spiro atoms. The molecule has 12 heteroatoms. The van der Waals surface area contributed by atoms with Gasteiger partial charge in [0.2, 0.25) is 17.6 Å². The normalized spacial score (nSPS) is 20.8. The fourth-order valence-electron chi connectivity index (χ4n) is 5.74.